The van der Waals surface area contributed by atoms with E-state index < -0.39 is 0 Å². The SMILES string of the molecule is COC(=O)CCN(C)Cc1coc(-c2ccc(Cl)cc2)n1. The van der Waals surface area contributed by atoms with Gasteiger partial charge in [0.2, 0.25) is 5.89 Å². The minimum Gasteiger partial charge on any atom is -0.469 e. The third-order valence-electron chi connectivity index (χ3n) is 3.00. The topological polar surface area (TPSA) is 55.6 Å². The molecule has 0 N–H and O–H groups in total. The van der Waals surface area contributed by atoms with Crippen LogP contribution in [0.5, 0.6) is 0 Å². The molecule has 0 fully saturated rings. The Kier molecular flexibility index (Phi) is 5.36. The van der Waals surface area contributed by atoms with Crippen molar-refractivity contribution in [2.24, 2.45) is 0 Å². The Morgan fingerprint density at radius 1 is 1.38 bits per heavy atom. The molecule has 0 spiro atoms. The summed E-state index contributed by atoms with van der Waals surface area (Å²) < 4.78 is 10.1. The summed E-state index contributed by atoms with van der Waals surface area (Å²) in [6.45, 7) is 1.21. The standard InChI is InChI=1S/C15H17ClN2O3/c1-18(8-7-14(19)20-2)9-13-10-21-15(17-13)11-3-5-12(16)6-4-11/h3-6,10H,7-9H2,1-2H3. The highest BCUT2D eigenvalue weighted by Crippen LogP contribution is 2.21. The van der Waals surface area contributed by atoms with Crippen LogP contribution in [0, 0.1) is 0 Å². The molecule has 1 heterocycles. The number of methoxy groups -OCH3 is 1. The van der Waals surface area contributed by atoms with Crippen molar-refractivity contribution in [3.63, 3.8) is 0 Å². The Morgan fingerprint density at radius 2 is 2.10 bits per heavy atom. The lowest BCUT2D eigenvalue weighted by atomic mass is 10.2. The normalized spacial score (nSPS) is 10.9. The van der Waals surface area contributed by atoms with E-state index in [1.165, 1.54) is 7.11 Å². The zero-order valence-electron chi connectivity index (χ0n) is 12.0. The van der Waals surface area contributed by atoms with E-state index in [4.69, 9.17) is 16.0 Å². The monoisotopic (exact) mass is 308 g/mol. The summed E-state index contributed by atoms with van der Waals surface area (Å²) in [6, 6.07) is 7.31. The van der Waals surface area contributed by atoms with Crippen LogP contribution in [0.2, 0.25) is 5.02 Å². The van der Waals surface area contributed by atoms with Crippen LogP contribution in [-0.4, -0.2) is 36.6 Å². The molecule has 0 saturated carbocycles. The maximum absolute atomic E-state index is 11.1. The molecular weight excluding hydrogens is 292 g/mol. The number of hydrogen-bond acceptors (Lipinski definition) is 5. The van der Waals surface area contributed by atoms with Crippen molar-refractivity contribution < 1.29 is 13.9 Å². The number of rotatable bonds is 6. The minimum atomic E-state index is -0.219. The molecule has 2 rings (SSSR count). The van der Waals surface area contributed by atoms with E-state index >= 15 is 0 Å². The molecule has 112 valence electrons. The fourth-order valence-electron chi connectivity index (χ4n) is 1.84. The maximum atomic E-state index is 11.1. The lowest BCUT2D eigenvalue weighted by molar-refractivity contribution is -0.140. The quantitative estimate of drug-likeness (QED) is 0.768. The van der Waals surface area contributed by atoms with Gasteiger partial charge in [-0.3, -0.25) is 9.69 Å². The lowest BCUT2D eigenvalue weighted by Crippen LogP contribution is -2.22. The number of benzene rings is 1. The van der Waals surface area contributed by atoms with E-state index in [0.717, 1.165) is 11.3 Å². The van der Waals surface area contributed by atoms with Crippen molar-refractivity contribution in [1.29, 1.82) is 0 Å². The van der Waals surface area contributed by atoms with Crippen molar-refractivity contribution in [1.82, 2.24) is 9.88 Å². The fraction of sp³-hybridized carbons (Fsp3) is 0.333. The third-order valence-corrected chi connectivity index (χ3v) is 3.25. The number of carbonyl (C=O) groups excluding carboxylic acids is 1. The molecule has 0 bridgehead atoms. The van der Waals surface area contributed by atoms with Crippen LogP contribution in [0.3, 0.4) is 0 Å². The average molecular weight is 309 g/mol. The van der Waals surface area contributed by atoms with E-state index in [1.54, 1.807) is 18.4 Å². The molecule has 0 unspecified atom stereocenters. The van der Waals surface area contributed by atoms with Gasteiger partial charge in [0.25, 0.3) is 0 Å². The Morgan fingerprint density at radius 3 is 2.76 bits per heavy atom. The largest absolute Gasteiger partial charge is 0.469 e. The maximum Gasteiger partial charge on any atom is 0.306 e. The van der Waals surface area contributed by atoms with Crippen LogP contribution < -0.4 is 0 Å². The minimum absolute atomic E-state index is 0.219. The molecule has 0 aliphatic heterocycles. The lowest BCUT2D eigenvalue weighted by Gasteiger charge is -2.13. The number of aromatic nitrogens is 1. The molecule has 0 atom stereocenters. The number of ether oxygens (including phenoxy) is 1. The molecule has 5 nitrogen and oxygen atoms in total. The second-order valence-electron chi connectivity index (χ2n) is 4.71. The first-order valence-electron chi connectivity index (χ1n) is 6.54. The first kappa shape index (κ1) is 15.5. The van der Waals surface area contributed by atoms with E-state index in [2.05, 4.69) is 9.72 Å². The predicted octanol–water partition coefficient (Wildman–Crippen LogP) is 2.99. The molecule has 2 aromatic rings. The number of hydrogen-bond donors (Lipinski definition) is 0. The van der Waals surface area contributed by atoms with Crippen LogP contribution in [0.15, 0.2) is 34.9 Å². The van der Waals surface area contributed by atoms with E-state index in [9.17, 15) is 4.79 Å². The third kappa shape index (κ3) is 4.58. The Hall–Kier alpha value is -1.85. The van der Waals surface area contributed by atoms with Crippen molar-refractivity contribution in [2.45, 2.75) is 13.0 Å². The number of esters is 1. The molecule has 6 heteroatoms. The van der Waals surface area contributed by atoms with Crippen LogP contribution in [0.1, 0.15) is 12.1 Å². The van der Waals surface area contributed by atoms with Crippen molar-refractivity contribution in [3.05, 3.63) is 41.2 Å². The summed E-state index contributed by atoms with van der Waals surface area (Å²) in [6.07, 6.45) is 1.98. The predicted molar refractivity (Wildman–Crippen MR) is 79.9 cm³/mol. The second kappa shape index (κ2) is 7.24. The van der Waals surface area contributed by atoms with Crippen molar-refractivity contribution in [2.75, 3.05) is 20.7 Å². The molecular formula is C15H17ClN2O3. The summed E-state index contributed by atoms with van der Waals surface area (Å²) in [4.78, 5) is 17.5. The van der Waals surface area contributed by atoms with Crippen molar-refractivity contribution in [3.8, 4) is 11.5 Å². The second-order valence-corrected chi connectivity index (χ2v) is 5.15. The van der Waals surface area contributed by atoms with Gasteiger partial charge in [0.1, 0.15) is 6.26 Å². The number of halogens is 1. The molecule has 0 saturated heterocycles. The number of oxazole rings is 1. The van der Waals surface area contributed by atoms with Gasteiger partial charge in [-0.05, 0) is 31.3 Å². The highest BCUT2D eigenvalue weighted by molar-refractivity contribution is 6.30. The van der Waals surface area contributed by atoms with Gasteiger partial charge in [-0.25, -0.2) is 4.98 Å². The summed E-state index contributed by atoms with van der Waals surface area (Å²) in [7, 11) is 3.30. The zero-order chi connectivity index (χ0) is 15.2. The molecule has 21 heavy (non-hydrogen) atoms. The average Bonchev–Trinajstić information content (AvgIpc) is 2.94. The van der Waals surface area contributed by atoms with Gasteiger partial charge in [-0.1, -0.05) is 11.6 Å². The van der Waals surface area contributed by atoms with Gasteiger partial charge in [-0.15, -0.1) is 0 Å². The molecule has 0 radical (unpaired) electrons. The smallest absolute Gasteiger partial charge is 0.306 e. The Labute approximate surface area is 128 Å². The molecule has 0 aliphatic rings. The highest BCUT2D eigenvalue weighted by Gasteiger charge is 2.10. The zero-order valence-corrected chi connectivity index (χ0v) is 12.8. The molecule has 1 aromatic heterocycles. The Bertz CT molecular complexity index is 595. The van der Waals surface area contributed by atoms with Gasteiger partial charge >= 0.3 is 5.97 Å². The highest BCUT2D eigenvalue weighted by atomic mass is 35.5. The first-order valence-corrected chi connectivity index (χ1v) is 6.92. The summed E-state index contributed by atoms with van der Waals surface area (Å²) in [5.41, 5.74) is 1.69. The molecule has 0 aliphatic carbocycles. The van der Waals surface area contributed by atoms with E-state index in [1.807, 2.05) is 24.1 Å². The van der Waals surface area contributed by atoms with Gasteiger partial charge in [0.15, 0.2) is 0 Å². The summed E-state index contributed by atoms with van der Waals surface area (Å²) in [5.74, 6) is 0.340. The van der Waals surface area contributed by atoms with Crippen LogP contribution in [-0.2, 0) is 16.1 Å². The van der Waals surface area contributed by atoms with E-state index in [0.29, 0.717) is 30.4 Å². The van der Waals surface area contributed by atoms with Gasteiger partial charge < -0.3 is 9.15 Å². The number of carbonyl (C=O) groups is 1. The van der Waals surface area contributed by atoms with Crippen molar-refractivity contribution >= 4 is 17.6 Å². The van der Waals surface area contributed by atoms with Gasteiger partial charge in [0, 0.05) is 23.7 Å². The molecule has 1 aromatic carbocycles. The van der Waals surface area contributed by atoms with Gasteiger partial charge in [-0.2, -0.15) is 0 Å². The van der Waals surface area contributed by atoms with Crippen LogP contribution >= 0.6 is 11.6 Å². The van der Waals surface area contributed by atoms with Crippen LogP contribution in [0.4, 0.5) is 0 Å². The van der Waals surface area contributed by atoms with Crippen LogP contribution in [0.25, 0.3) is 11.5 Å². The number of nitrogens with zero attached hydrogens (tertiary/aromatic N) is 2. The van der Waals surface area contributed by atoms with Gasteiger partial charge in [0.05, 0.1) is 19.2 Å². The summed E-state index contributed by atoms with van der Waals surface area (Å²) >= 11 is 5.85. The first-order chi connectivity index (χ1) is 10.1. The summed E-state index contributed by atoms with van der Waals surface area (Å²) in [5, 5.41) is 0.674. The fourth-order valence-corrected chi connectivity index (χ4v) is 1.97. The van der Waals surface area contributed by atoms with E-state index in [-0.39, 0.29) is 5.97 Å². The Balaban J connectivity index is 1.93. The molecule has 0 amide bonds.